The minimum absolute atomic E-state index is 1.55. The summed E-state index contributed by atoms with van der Waals surface area (Å²) in [7, 11) is 0. The normalized spacial score (nSPS) is 27.3. The van der Waals surface area contributed by atoms with Crippen LogP contribution in [0.25, 0.3) is 0 Å². The smallest absolute Gasteiger partial charge is 0.350 e. The van der Waals surface area contributed by atoms with E-state index in [0.717, 1.165) is 0 Å². The maximum atomic E-state index is 10.7. The summed E-state index contributed by atoms with van der Waals surface area (Å²) >= 11 is 0. The van der Waals surface area contributed by atoms with Crippen molar-refractivity contribution in [1.82, 2.24) is 0 Å². The maximum absolute atomic E-state index is 10.7. The van der Waals surface area contributed by atoms with Gasteiger partial charge in [0.15, 0.2) is 17.3 Å². The number of hydrogen-bond donors (Lipinski definition) is 8. The van der Waals surface area contributed by atoms with E-state index in [9.17, 15) is 40.2 Å². The Morgan fingerprint density at radius 1 is 0.889 bits per heavy atom. The lowest BCUT2D eigenvalue weighted by molar-refractivity contribution is -0.263. The average Bonchev–Trinajstić information content (AvgIpc) is 2.24. The number of carboxylic acids is 2. The lowest BCUT2D eigenvalue weighted by Crippen LogP contribution is -2.64. The van der Waals surface area contributed by atoms with Gasteiger partial charge < -0.3 is 40.9 Å². The summed E-state index contributed by atoms with van der Waals surface area (Å²) in [6.45, 7) is 0. The van der Waals surface area contributed by atoms with Gasteiger partial charge in [-0.25, -0.2) is 9.59 Å². The molecule has 0 heterocycles. The molecule has 1 atom stereocenters. The Kier molecular flexibility index (Phi) is 2.75. The molecule has 1 aliphatic carbocycles. The van der Waals surface area contributed by atoms with E-state index in [1.165, 1.54) is 0 Å². The zero-order valence-corrected chi connectivity index (χ0v) is 8.39. The second-order valence-electron chi connectivity index (χ2n) is 3.41. The van der Waals surface area contributed by atoms with Gasteiger partial charge in [0.25, 0.3) is 11.4 Å². The Hall–Kier alpha value is -2.30. The van der Waals surface area contributed by atoms with Crippen LogP contribution in [-0.2, 0) is 9.59 Å². The molecule has 8 N–H and O–H groups in total. The number of aliphatic hydroxyl groups is 6. The van der Waals surface area contributed by atoms with Crippen molar-refractivity contribution in [2.24, 2.45) is 0 Å². The molecular weight excluding hydrogens is 256 g/mol. The van der Waals surface area contributed by atoms with Crippen LogP contribution in [0.15, 0.2) is 22.9 Å². The van der Waals surface area contributed by atoms with Crippen molar-refractivity contribution in [3.8, 4) is 0 Å². The van der Waals surface area contributed by atoms with Crippen molar-refractivity contribution < 1.29 is 50.4 Å². The highest BCUT2D eigenvalue weighted by Gasteiger charge is 2.66. The van der Waals surface area contributed by atoms with Crippen molar-refractivity contribution in [2.75, 3.05) is 0 Å². The number of carboxylic acid groups (broad SMARTS) is 2. The van der Waals surface area contributed by atoms with Gasteiger partial charge in [0.05, 0.1) is 0 Å². The summed E-state index contributed by atoms with van der Waals surface area (Å²) in [5.41, 5.74) is -5.47. The van der Waals surface area contributed by atoms with Gasteiger partial charge in [0.1, 0.15) is 5.57 Å². The molecule has 0 bridgehead atoms. The van der Waals surface area contributed by atoms with Crippen LogP contribution in [0.5, 0.6) is 0 Å². The maximum Gasteiger partial charge on any atom is 0.350 e. The predicted molar refractivity (Wildman–Crippen MR) is 49.3 cm³/mol. The van der Waals surface area contributed by atoms with Gasteiger partial charge in [-0.3, -0.25) is 0 Å². The molecule has 0 saturated heterocycles. The highest BCUT2D eigenvalue weighted by Crippen LogP contribution is 2.40. The van der Waals surface area contributed by atoms with Crippen molar-refractivity contribution in [3.05, 3.63) is 22.9 Å². The lowest BCUT2D eigenvalue weighted by atomic mass is 9.81. The molecule has 0 fully saturated rings. The van der Waals surface area contributed by atoms with E-state index in [2.05, 4.69) is 0 Å². The molecule has 1 rings (SSSR count). The number of carbonyl (C=O) groups is 2. The Morgan fingerprint density at radius 3 is 1.67 bits per heavy atom. The Bertz CT molecular complexity index is 498. The van der Waals surface area contributed by atoms with E-state index in [1.807, 2.05) is 0 Å². The quantitative estimate of drug-likeness (QED) is 0.251. The monoisotopic (exact) mass is 264 g/mol. The van der Waals surface area contributed by atoms with Crippen molar-refractivity contribution in [2.45, 2.75) is 11.4 Å². The topological polar surface area (TPSA) is 196 Å². The van der Waals surface area contributed by atoms with Crippen LogP contribution in [-0.4, -0.2) is 64.2 Å². The average molecular weight is 264 g/mol. The summed E-state index contributed by atoms with van der Waals surface area (Å²) in [6, 6.07) is 0. The summed E-state index contributed by atoms with van der Waals surface area (Å²) in [5.74, 6) is -14.1. The summed E-state index contributed by atoms with van der Waals surface area (Å²) < 4.78 is 0. The molecule has 0 aromatic carbocycles. The highest BCUT2D eigenvalue weighted by atomic mass is 16.6. The third-order valence-electron chi connectivity index (χ3n) is 2.40. The van der Waals surface area contributed by atoms with E-state index >= 15 is 0 Å². The van der Waals surface area contributed by atoms with Crippen LogP contribution in [0.1, 0.15) is 0 Å². The zero-order chi connectivity index (χ0) is 14.5. The molecule has 0 aromatic heterocycles. The first-order valence-corrected chi connectivity index (χ1v) is 4.20. The zero-order valence-electron chi connectivity index (χ0n) is 8.39. The van der Waals surface area contributed by atoms with E-state index in [-0.39, 0.29) is 0 Å². The fourth-order valence-corrected chi connectivity index (χ4v) is 1.37. The molecule has 0 amide bonds. The van der Waals surface area contributed by atoms with Gasteiger partial charge in [-0.1, -0.05) is 0 Å². The Morgan fingerprint density at radius 2 is 1.33 bits per heavy atom. The second-order valence-corrected chi connectivity index (χ2v) is 3.41. The van der Waals surface area contributed by atoms with E-state index in [0.29, 0.717) is 0 Å². The molecule has 0 saturated carbocycles. The molecule has 10 heteroatoms. The molecule has 0 aromatic rings. The molecule has 18 heavy (non-hydrogen) atoms. The summed E-state index contributed by atoms with van der Waals surface area (Å²) in [4.78, 5) is 21.3. The molecule has 0 spiro atoms. The third-order valence-corrected chi connectivity index (χ3v) is 2.40. The van der Waals surface area contributed by atoms with E-state index in [4.69, 9.17) is 10.2 Å². The number of aliphatic carboxylic acids is 2. The van der Waals surface area contributed by atoms with Crippen LogP contribution in [0.3, 0.4) is 0 Å². The standard InChI is InChI=1S/C8H8O10/c9-2-1(5(12)13)3(10)8(17,18)7(16,4(2)11)6(14)15/h9-11,16-18H,(H,12,13)(H,14,15). The molecule has 1 unspecified atom stereocenters. The van der Waals surface area contributed by atoms with Crippen LogP contribution < -0.4 is 0 Å². The third kappa shape index (κ3) is 1.33. The van der Waals surface area contributed by atoms with Gasteiger partial charge in [-0.2, -0.15) is 0 Å². The first-order chi connectivity index (χ1) is 7.99. The molecule has 10 nitrogen and oxygen atoms in total. The Labute approximate surface area is 97.6 Å². The summed E-state index contributed by atoms with van der Waals surface area (Å²) in [5, 5.41) is 72.8. The van der Waals surface area contributed by atoms with Gasteiger partial charge in [-0.15, -0.1) is 0 Å². The fourth-order valence-electron chi connectivity index (χ4n) is 1.37. The summed E-state index contributed by atoms with van der Waals surface area (Å²) in [6.07, 6.45) is 0. The van der Waals surface area contributed by atoms with Crippen LogP contribution >= 0.6 is 0 Å². The fraction of sp³-hybridized carbons (Fsp3) is 0.250. The minimum Gasteiger partial charge on any atom is -0.506 e. The first-order valence-electron chi connectivity index (χ1n) is 4.20. The molecular formula is C8H8O10. The van der Waals surface area contributed by atoms with Gasteiger partial charge >= 0.3 is 11.9 Å². The lowest BCUT2D eigenvalue weighted by Gasteiger charge is -2.37. The van der Waals surface area contributed by atoms with Crippen LogP contribution in [0, 0.1) is 0 Å². The minimum atomic E-state index is -4.04. The van der Waals surface area contributed by atoms with E-state index in [1.54, 1.807) is 0 Å². The predicted octanol–water partition coefficient (Wildman–Crippen LogP) is -2.28. The first kappa shape index (κ1) is 13.8. The van der Waals surface area contributed by atoms with Crippen LogP contribution in [0.2, 0.25) is 0 Å². The molecule has 0 radical (unpaired) electrons. The largest absolute Gasteiger partial charge is 0.506 e. The van der Waals surface area contributed by atoms with Crippen molar-refractivity contribution in [3.63, 3.8) is 0 Å². The SMILES string of the molecule is O=C(O)C1=C(O)C(O)(O)C(O)(C(=O)O)C(O)=C1O. The van der Waals surface area contributed by atoms with Crippen molar-refractivity contribution in [1.29, 1.82) is 0 Å². The Balaban J connectivity index is 3.73. The number of rotatable bonds is 2. The second kappa shape index (κ2) is 3.60. The molecule has 100 valence electrons. The van der Waals surface area contributed by atoms with Crippen molar-refractivity contribution >= 4 is 11.9 Å². The van der Waals surface area contributed by atoms with E-state index < -0.39 is 46.2 Å². The number of hydrogen-bond acceptors (Lipinski definition) is 8. The molecule has 0 aliphatic heterocycles. The van der Waals surface area contributed by atoms with Gasteiger partial charge in [0, 0.05) is 0 Å². The highest BCUT2D eigenvalue weighted by molar-refractivity contribution is 5.95. The number of aliphatic hydroxyl groups excluding tert-OH is 3. The molecule has 1 aliphatic rings. The van der Waals surface area contributed by atoms with Crippen LogP contribution in [0.4, 0.5) is 0 Å². The van der Waals surface area contributed by atoms with Gasteiger partial charge in [-0.05, 0) is 0 Å². The van der Waals surface area contributed by atoms with Gasteiger partial charge in [0.2, 0.25) is 0 Å².